The number of benzene rings is 2. The normalized spacial score (nSPS) is 15.6. The Bertz CT molecular complexity index is 1240. The van der Waals surface area contributed by atoms with E-state index >= 15 is 0 Å². The number of carbonyl (C=O) groups excluding carboxylic acids is 1. The number of allylic oxidation sites excluding steroid dienone is 8. The van der Waals surface area contributed by atoms with Crippen LogP contribution in [0.4, 0.5) is 0 Å². The number of carbonyl (C=O) groups is 1. The standard InChI is InChI=1S/C27H16O/c28-27-25-17-21(11-9-19-5-1-2-6-19)13-15-23(25)24-16-14-22(18-26(24)27)12-10-20-7-3-4-8-20/h1-3,5-8,13-19H,4H2. The summed E-state index contributed by atoms with van der Waals surface area (Å²) in [5.74, 6) is 12.9. The van der Waals surface area contributed by atoms with E-state index in [9.17, 15) is 4.79 Å². The van der Waals surface area contributed by atoms with Crippen LogP contribution in [0.25, 0.3) is 11.1 Å². The Kier molecular flexibility index (Phi) is 3.93. The van der Waals surface area contributed by atoms with Crippen LogP contribution in [-0.2, 0) is 0 Å². The molecule has 130 valence electrons. The highest BCUT2D eigenvalue weighted by Crippen LogP contribution is 2.37. The SMILES string of the molecule is O=C1c2cc(C#CC3=CCC=C3)ccc2-c2ccc(C#CC3C=CC=C3)cc21. The highest BCUT2D eigenvalue weighted by molar-refractivity contribution is 6.22. The van der Waals surface area contributed by atoms with E-state index in [1.807, 2.05) is 54.6 Å². The van der Waals surface area contributed by atoms with Crippen LogP contribution in [0.5, 0.6) is 0 Å². The fourth-order valence-electron chi connectivity index (χ4n) is 3.62. The third-order valence-corrected chi connectivity index (χ3v) is 5.07. The highest BCUT2D eigenvalue weighted by atomic mass is 16.1. The molecule has 2 aromatic rings. The molecule has 0 bridgehead atoms. The van der Waals surface area contributed by atoms with Gasteiger partial charge in [-0.05, 0) is 41.8 Å². The van der Waals surface area contributed by atoms with Crippen LogP contribution in [0.1, 0.15) is 33.5 Å². The minimum atomic E-state index is 0.0536. The van der Waals surface area contributed by atoms with Crippen molar-refractivity contribution in [3.63, 3.8) is 0 Å². The molecule has 0 atom stereocenters. The maximum Gasteiger partial charge on any atom is 0.194 e. The summed E-state index contributed by atoms with van der Waals surface area (Å²) < 4.78 is 0. The number of hydrogen-bond acceptors (Lipinski definition) is 1. The average Bonchev–Trinajstić information content (AvgIpc) is 3.47. The van der Waals surface area contributed by atoms with Gasteiger partial charge in [-0.3, -0.25) is 4.79 Å². The monoisotopic (exact) mass is 356 g/mol. The zero-order valence-electron chi connectivity index (χ0n) is 15.2. The molecule has 1 nitrogen and oxygen atoms in total. The first-order valence-electron chi connectivity index (χ1n) is 9.36. The Morgan fingerprint density at radius 2 is 1.46 bits per heavy atom. The summed E-state index contributed by atoms with van der Waals surface area (Å²) in [6.07, 6.45) is 15.3. The van der Waals surface area contributed by atoms with Gasteiger partial charge in [0.25, 0.3) is 0 Å². The Morgan fingerprint density at radius 3 is 2.11 bits per heavy atom. The topological polar surface area (TPSA) is 17.1 Å². The van der Waals surface area contributed by atoms with Gasteiger partial charge in [0.2, 0.25) is 0 Å². The summed E-state index contributed by atoms with van der Waals surface area (Å²) in [5.41, 5.74) is 6.17. The molecule has 0 saturated carbocycles. The molecule has 0 fully saturated rings. The summed E-state index contributed by atoms with van der Waals surface area (Å²) >= 11 is 0. The van der Waals surface area contributed by atoms with Crippen molar-refractivity contribution in [1.29, 1.82) is 0 Å². The lowest BCUT2D eigenvalue weighted by molar-refractivity contribution is 0.104. The van der Waals surface area contributed by atoms with Gasteiger partial charge in [0.15, 0.2) is 5.78 Å². The van der Waals surface area contributed by atoms with Crippen LogP contribution >= 0.6 is 0 Å². The molecular weight excluding hydrogens is 340 g/mol. The second kappa shape index (κ2) is 6.73. The Morgan fingerprint density at radius 1 is 0.786 bits per heavy atom. The second-order valence-electron chi connectivity index (χ2n) is 6.96. The predicted molar refractivity (Wildman–Crippen MR) is 113 cm³/mol. The molecule has 1 heteroatoms. The minimum Gasteiger partial charge on any atom is -0.289 e. The van der Waals surface area contributed by atoms with Crippen molar-refractivity contribution in [2.75, 3.05) is 0 Å². The largest absolute Gasteiger partial charge is 0.289 e. The van der Waals surface area contributed by atoms with Crippen molar-refractivity contribution in [2.45, 2.75) is 6.42 Å². The lowest BCUT2D eigenvalue weighted by Gasteiger charge is -2.00. The van der Waals surface area contributed by atoms with E-state index < -0.39 is 0 Å². The molecule has 0 amide bonds. The van der Waals surface area contributed by atoms with Gasteiger partial charge < -0.3 is 0 Å². The van der Waals surface area contributed by atoms with Gasteiger partial charge in [0, 0.05) is 27.8 Å². The third-order valence-electron chi connectivity index (χ3n) is 5.07. The molecule has 28 heavy (non-hydrogen) atoms. The predicted octanol–water partition coefficient (Wildman–Crippen LogP) is 5.23. The minimum absolute atomic E-state index is 0.0536. The summed E-state index contributed by atoms with van der Waals surface area (Å²) in [6, 6.07) is 11.8. The Balaban J connectivity index is 1.46. The number of fused-ring (bicyclic) bond motifs is 3. The van der Waals surface area contributed by atoms with E-state index in [-0.39, 0.29) is 11.7 Å². The quantitative estimate of drug-likeness (QED) is 0.504. The Hall–Kier alpha value is -3.81. The van der Waals surface area contributed by atoms with Crippen LogP contribution in [0, 0.1) is 29.6 Å². The molecule has 3 aliphatic rings. The van der Waals surface area contributed by atoms with E-state index in [0.29, 0.717) is 0 Å². The van der Waals surface area contributed by atoms with Gasteiger partial charge in [-0.1, -0.05) is 78.3 Å². The molecule has 0 unspecified atom stereocenters. The Labute approximate surface area is 164 Å². The molecular formula is C27H16O. The lowest BCUT2D eigenvalue weighted by Crippen LogP contribution is -1.96. The average molecular weight is 356 g/mol. The molecule has 0 radical (unpaired) electrons. The third kappa shape index (κ3) is 2.94. The van der Waals surface area contributed by atoms with E-state index in [1.165, 1.54) is 0 Å². The van der Waals surface area contributed by atoms with Crippen LogP contribution < -0.4 is 0 Å². The summed E-state index contributed by atoms with van der Waals surface area (Å²) in [4.78, 5) is 13.0. The molecule has 0 heterocycles. The summed E-state index contributed by atoms with van der Waals surface area (Å²) in [6.45, 7) is 0. The van der Waals surface area contributed by atoms with Crippen molar-refractivity contribution in [3.8, 4) is 34.8 Å². The van der Waals surface area contributed by atoms with Gasteiger partial charge in [0.05, 0.1) is 5.92 Å². The molecule has 0 saturated heterocycles. The molecule has 2 aromatic carbocycles. The van der Waals surface area contributed by atoms with Crippen LogP contribution in [0.3, 0.4) is 0 Å². The smallest absolute Gasteiger partial charge is 0.194 e. The van der Waals surface area contributed by atoms with Crippen molar-refractivity contribution in [3.05, 3.63) is 107 Å². The van der Waals surface area contributed by atoms with E-state index in [2.05, 4.69) is 48.0 Å². The molecule has 0 spiro atoms. The summed E-state index contributed by atoms with van der Waals surface area (Å²) in [7, 11) is 0. The molecule has 0 aromatic heterocycles. The van der Waals surface area contributed by atoms with Crippen molar-refractivity contribution in [1.82, 2.24) is 0 Å². The second-order valence-corrected chi connectivity index (χ2v) is 6.96. The van der Waals surface area contributed by atoms with Crippen LogP contribution in [-0.4, -0.2) is 5.78 Å². The van der Waals surface area contributed by atoms with Crippen molar-refractivity contribution >= 4 is 5.78 Å². The van der Waals surface area contributed by atoms with Crippen molar-refractivity contribution in [2.24, 2.45) is 5.92 Å². The number of ketones is 1. The van der Waals surface area contributed by atoms with Gasteiger partial charge in [-0.15, -0.1) is 0 Å². The number of rotatable bonds is 0. The van der Waals surface area contributed by atoms with Gasteiger partial charge >= 0.3 is 0 Å². The molecule has 0 aliphatic heterocycles. The van der Waals surface area contributed by atoms with Gasteiger partial charge in [0.1, 0.15) is 0 Å². The van der Waals surface area contributed by atoms with Crippen LogP contribution in [0.15, 0.2) is 84.5 Å². The van der Waals surface area contributed by atoms with E-state index in [1.54, 1.807) is 0 Å². The lowest BCUT2D eigenvalue weighted by atomic mass is 10.0. The zero-order chi connectivity index (χ0) is 18.9. The maximum atomic E-state index is 13.0. The van der Waals surface area contributed by atoms with Gasteiger partial charge in [-0.25, -0.2) is 0 Å². The highest BCUT2D eigenvalue weighted by Gasteiger charge is 2.26. The molecule has 5 rings (SSSR count). The summed E-state index contributed by atoms with van der Waals surface area (Å²) in [5, 5.41) is 0. The number of hydrogen-bond donors (Lipinski definition) is 0. The fraction of sp³-hybridized carbons (Fsp3) is 0.0741. The van der Waals surface area contributed by atoms with Crippen molar-refractivity contribution < 1.29 is 4.79 Å². The van der Waals surface area contributed by atoms with E-state index in [4.69, 9.17) is 0 Å². The molecule has 0 N–H and O–H groups in total. The van der Waals surface area contributed by atoms with Crippen LogP contribution in [0.2, 0.25) is 0 Å². The first-order chi connectivity index (χ1) is 13.8. The van der Waals surface area contributed by atoms with E-state index in [0.717, 1.165) is 45.4 Å². The maximum absolute atomic E-state index is 13.0. The zero-order valence-corrected chi connectivity index (χ0v) is 15.2. The first kappa shape index (κ1) is 16.4. The first-order valence-corrected chi connectivity index (χ1v) is 9.36. The van der Waals surface area contributed by atoms with Gasteiger partial charge in [-0.2, -0.15) is 0 Å². The fourth-order valence-corrected chi connectivity index (χ4v) is 3.62. The molecule has 3 aliphatic carbocycles.